The van der Waals surface area contributed by atoms with E-state index in [2.05, 4.69) is 42.0 Å². The van der Waals surface area contributed by atoms with Crippen molar-refractivity contribution in [1.82, 2.24) is 4.57 Å². The zero-order chi connectivity index (χ0) is 19.8. The Morgan fingerprint density at radius 1 is 1.04 bits per heavy atom. The van der Waals surface area contributed by atoms with E-state index in [-0.39, 0.29) is 0 Å². The van der Waals surface area contributed by atoms with Crippen LogP contribution in [-0.4, -0.2) is 22.2 Å². The van der Waals surface area contributed by atoms with Crippen molar-refractivity contribution in [1.29, 1.82) is 0 Å². The lowest BCUT2D eigenvalue weighted by Gasteiger charge is -2.11. The molecule has 0 unspecified atom stereocenters. The van der Waals surface area contributed by atoms with Crippen LogP contribution in [0.5, 0.6) is 5.75 Å². The lowest BCUT2D eigenvalue weighted by molar-refractivity contribution is 0.0702. The van der Waals surface area contributed by atoms with Gasteiger partial charge in [0.2, 0.25) is 0 Å². The molecule has 0 radical (unpaired) electrons. The quantitative estimate of drug-likeness (QED) is 0.405. The molecule has 0 bridgehead atoms. The van der Waals surface area contributed by atoms with Crippen molar-refractivity contribution in [2.24, 2.45) is 0 Å². The minimum atomic E-state index is -0.845. The molecule has 0 saturated heterocycles. The molecule has 28 heavy (non-hydrogen) atoms. The van der Waals surface area contributed by atoms with Crippen LogP contribution in [0.3, 0.4) is 0 Å². The van der Waals surface area contributed by atoms with Gasteiger partial charge in [-0.1, -0.05) is 19.8 Å². The van der Waals surface area contributed by atoms with Gasteiger partial charge in [0, 0.05) is 22.5 Å². The van der Waals surface area contributed by atoms with Gasteiger partial charge < -0.3 is 14.4 Å². The van der Waals surface area contributed by atoms with E-state index in [0.717, 1.165) is 48.6 Å². The van der Waals surface area contributed by atoms with Crippen molar-refractivity contribution in [3.8, 4) is 11.4 Å². The number of thiophene rings is 1. The van der Waals surface area contributed by atoms with Crippen LogP contribution in [0.25, 0.3) is 5.69 Å². The van der Waals surface area contributed by atoms with E-state index >= 15 is 0 Å². The second kappa shape index (κ2) is 10.1. The molecule has 2 aromatic heterocycles. The van der Waals surface area contributed by atoms with Crippen LogP contribution in [0, 0.1) is 0 Å². The first kappa shape index (κ1) is 20.2. The van der Waals surface area contributed by atoms with Gasteiger partial charge >= 0.3 is 5.97 Å². The van der Waals surface area contributed by atoms with Crippen molar-refractivity contribution < 1.29 is 14.6 Å². The maximum atomic E-state index is 11.0. The van der Waals surface area contributed by atoms with E-state index in [0.29, 0.717) is 4.88 Å². The van der Waals surface area contributed by atoms with Gasteiger partial charge in [-0.15, -0.1) is 11.3 Å². The maximum Gasteiger partial charge on any atom is 0.345 e. The van der Waals surface area contributed by atoms with Gasteiger partial charge in [-0.2, -0.15) is 0 Å². The number of ether oxygens (including phenoxy) is 1. The molecule has 148 valence electrons. The summed E-state index contributed by atoms with van der Waals surface area (Å²) in [7, 11) is 0. The number of aromatic nitrogens is 1. The fraction of sp³-hybridized carbons (Fsp3) is 0.348. The second-order valence-electron chi connectivity index (χ2n) is 6.84. The Labute approximate surface area is 170 Å². The van der Waals surface area contributed by atoms with E-state index in [1.807, 2.05) is 18.2 Å². The minimum absolute atomic E-state index is 0.412. The van der Waals surface area contributed by atoms with Crippen LogP contribution in [0.4, 0.5) is 0 Å². The minimum Gasteiger partial charge on any atom is -0.494 e. The number of hydrogen-bond donors (Lipinski definition) is 1. The van der Waals surface area contributed by atoms with Crippen LogP contribution in [0.15, 0.2) is 54.7 Å². The van der Waals surface area contributed by atoms with Crippen molar-refractivity contribution >= 4 is 17.3 Å². The first-order valence-electron chi connectivity index (χ1n) is 9.89. The summed E-state index contributed by atoms with van der Waals surface area (Å²) in [6.07, 6.45) is 8.41. The molecule has 4 nitrogen and oxygen atoms in total. The molecule has 3 aromatic rings. The third-order valence-corrected chi connectivity index (χ3v) is 5.83. The number of carboxylic acids is 1. The van der Waals surface area contributed by atoms with E-state index < -0.39 is 5.97 Å². The maximum absolute atomic E-state index is 11.0. The highest BCUT2D eigenvalue weighted by atomic mass is 32.1. The Kier molecular flexibility index (Phi) is 7.31. The van der Waals surface area contributed by atoms with Gasteiger partial charge in [-0.25, -0.2) is 4.79 Å². The first-order valence-corrected chi connectivity index (χ1v) is 10.7. The number of benzene rings is 1. The Morgan fingerprint density at radius 3 is 2.57 bits per heavy atom. The Balaban J connectivity index is 1.54. The fourth-order valence-corrected chi connectivity index (χ4v) is 4.08. The number of nitrogens with zero attached hydrogens (tertiary/aromatic N) is 1. The van der Waals surface area contributed by atoms with Gasteiger partial charge in [-0.3, -0.25) is 0 Å². The number of aromatic carboxylic acids is 1. The Bertz CT molecular complexity index is 879. The van der Waals surface area contributed by atoms with Gasteiger partial charge in [0.05, 0.1) is 6.61 Å². The summed E-state index contributed by atoms with van der Waals surface area (Å²) in [5.74, 6) is 0.0726. The summed E-state index contributed by atoms with van der Waals surface area (Å²) in [6.45, 7) is 2.96. The largest absolute Gasteiger partial charge is 0.494 e. The Hall–Kier alpha value is -2.53. The normalized spacial score (nSPS) is 10.9. The molecule has 1 N–H and O–H groups in total. The molecule has 0 aliphatic carbocycles. The summed E-state index contributed by atoms with van der Waals surface area (Å²) < 4.78 is 8.00. The van der Waals surface area contributed by atoms with Gasteiger partial charge in [0.15, 0.2) is 0 Å². The molecule has 0 aliphatic heterocycles. The molecule has 1 aromatic carbocycles. The number of rotatable bonds is 11. The van der Waals surface area contributed by atoms with Crippen molar-refractivity contribution in [3.05, 3.63) is 70.2 Å². The van der Waals surface area contributed by atoms with E-state index in [4.69, 9.17) is 9.84 Å². The average molecular weight is 398 g/mol. The molecular formula is C23H27NO3S. The van der Waals surface area contributed by atoms with Crippen molar-refractivity contribution in [2.75, 3.05) is 6.61 Å². The highest BCUT2D eigenvalue weighted by Crippen LogP contribution is 2.21. The number of aryl methyl sites for hydroxylation is 2. The molecule has 3 rings (SSSR count). The zero-order valence-corrected chi connectivity index (χ0v) is 17.1. The van der Waals surface area contributed by atoms with Crippen LogP contribution in [0.1, 0.15) is 52.8 Å². The summed E-state index contributed by atoms with van der Waals surface area (Å²) in [5.41, 5.74) is 2.39. The summed E-state index contributed by atoms with van der Waals surface area (Å²) >= 11 is 1.37. The lowest BCUT2D eigenvalue weighted by atomic mass is 10.1. The van der Waals surface area contributed by atoms with Crippen molar-refractivity contribution in [3.63, 3.8) is 0 Å². The monoisotopic (exact) mass is 397 g/mol. The number of unbranched alkanes of at least 4 members (excludes halogenated alkanes) is 2. The van der Waals surface area contributed by atoms with E-state index in [1.165, 1.54) is 29.9 Å². The first-order chi connectivity index (χ1) is 13.7. The molecular weight excluding hydrogens is 370 g/mol. The number of carbonyl (C=O) groups is 1. The predicted molar refractivity (Wildman–Crippen MR) is 114 cm³/mol. The van der Waals surface area contributed by atoms with Crippen molar-refractivity contribution in [2.45, 2.75) is 45.4 Å². The second-order valence-corrected chi connectivity index (χ2v) is 8.01. The SMILES string of the molecule is CCCCCOc1ccc(-n2cccc2CCCc2ccc(C(=O)O)s2)cc1. The predicted octanol–water partition coefficient (Wildman–Crippen LogP) is 5.98. The molecule has 0 aliphatic rings. The van der Waals surface area contributed by atoms with Crippen LogP contribution in [0.2, 0.25) is 0 Å². The van der Waals surface area contributed by atoms with Crippen LogP contribution >= 0.6 is 11.3 Å². The third kappa shape index (κ3) is 5.49. The summed E-state index contributed by atoms with van der Waals surface area (Å²) in [4.78, 5) is 12.5. The molecule has 0 spiro atoms. The third-order valence-electron chi connectivity index (χ3n) is 4.69. The van der Waals surface area contributed by atoms with Gasteiger partial charge in [-0.05, 0) is 74.2 Å². The molecule has 5 heteroatoms. The molecule has 0 saturated carbocycles. The number of hydrogen-bond acceptors (Lipinski definition) is 3. The zero-order valence-electron chi connectivity index (χ0n) is 16.3. The molecule has 0 fully saturated rings. The molecule has 2 heterocycles. The smallest absolute Gasteiger partial charge is 0.345 e. The van der Waals surface area contributed by atoms with Crippen LogP contribution < -0.4 is 4.74 Å². The molecule has 0 amide bonds. The molecule has 0 atom stereocenters. The number of carboxylic acid groups (broad SMARTS) is 1. The average Bonchev–Trinajstić information content (AvgIpc) is 3.36. The highest BCUT2D eigenvalue weighted by molar-refractivity contribution is 7.13. The Morgan fingerprint density at radius 2 is 1.86 bits per heavy atom. The highest BCUT2D eigenvalue weighted by Gasteiger charge is 2.08. The van der Waals surface area contributed by atoms with Crippen LogP contribution in [-0.2, 0) is 12.8 Å². The topological polar surface area (TPSA) is 51.5 Å². The van der Waals surface area contributed by atoms with E-state index in [9.17, 15) is 4.79 Å². The summed E-state index contributed by atoms with van der Waals surface area (Å²) in [6, 6.07) is 16.1. The summed E-state index contributed by atoms with van der Waals surface area (Å²) in [5, 5.41) is 9.03. The van der Waals surface area contributed by atoms with Gasteiger partial charge in [0.1, 0.15) is 10.6 Å². The van der Waals surface area contributed by atoms with Gasteiger partial charge in [0.25, 0.3) is 0 Å². The standard InChI is InChI=1S/C23H27NO3S/c1-2-3-4-17-27-20-12-10-19(11-13-20)24-16-6-8-18(24)7-5-9-21-14-15-22(28-21)23(25)26/h6,8,10-16H,2-5,7,9,17H2,1H3,(H,25,26). The lowest BCUT2D eigenvalue weighted by Crippen LogP contribution is -2.01. The van der Waals surface area contributed by atoms with E-state index in [1.54, 1.807) is 6.07 Å². The fourth-order valence-electron chi connectivity index (χ4n) is 3.19.